The van der Waals surface area contributed by atoms with Gasteiger partial charge in [-0.05, 0) is 31.7 Å². The van der Waals surface area contributed by atoms with Gasteiger partial charge in [-0.3, -0.25) is 4.90 Å². The van der Waals surface area contributed by atoms with Gasteiger partial charge in [-0.25, -0.2) is 0 Å². The van der Waals surface area contributed by atoms with Crippen molar-refractivity contribution in [3.05, 3.63) is 29.8 Å². The van der Waals surface area contributed by atoms with Crippen molar-refractivity contribution in [3.8, 4) is 5.75 Å². The number of para-hydroxylation sites is 1. The number of hydrogen-bond acceptors (Lipinski definition) is 4. The third-order valence-corrected chi connectivity index (χ3v) is 4.43. The summed E-state index contributed by atoms with van der Waals surface area (Å²) in [5.41, 5.74) is 7.51. The molecule has 1 fully saturated rings. The molecule has 4 heteroatoms. The fourth-order valence-corrected chi connectivity index (χ4v) is 2.87. The lowest BCUT2D eigenvalue weighted by Gasteiger charge is -2.31. The largest absolute Gasteiger partial charge is 0.496 e. The summed E-state index contributed by atoms with van der Waals surface area (Å²) in [6.07, 6.45) is 2.68. The first-order valence-corrected chi connectivity index (χ1v) is 7.78. The van der Waals surface area contributed by atoms with E-state index in [1.54, 1.807) is 14.2 Å². The molecule has 0 aliphatic heterocycles. The first kappa shape index (κ1) is 16.3. The molecular formula is C17H28N2O2. The number of nitrogens with two attached hydrogens (primary N) is 1. The first-order valence-electron chi connectivity index (χ1n) is 7.78. The summed E-state index contributed by atoms with van der Waals surface area (Å²) in [7, 11) is 3.45. The molecule has 1 saturated carbocycles. The summed E-state index contributed by atoms with van der Waals surface area (Å²) in [5, 5.41) is 0. The Labute approximate surface area is 128 Å². The molecule has 0 heterocycles. The van der Waals surface area contributed by atoms with Crippen molar-refractivity contribution < 1.29 is 9.47 Å². The molecule has 2 N–H and O–H groups in total. The Morgan fingerprint density at radius 2 is 2.00 bits per heavy atom. The maximum Gasteiger partial charge on any atom is 0.123 e. The molecule has 2 atom stereocenters. The molecular weight excluding hydrogens is 264 g/mol. The minimum atomic E-state index is -0.0424. The quantitative estimate of drug-likeness (QED) is 0.759. The molecule has 2 unspecified atom stereocenters. The van der Waals surface area contributed by atoms with Crippen LogP contribution in [-0.2, 0) is 4.74 Å². The van der Waals surface area contributed by atoms with Crippen LogP contribution in [0.3, 0.4) is 0 Å². The normalized spacial score (nSPS) is 17.8. The van der Waals surface area contributed by atoms with Crippen LogP contribution >= 0.6 is 0 Å². The fraction of sp³-hybridized carbons (Fsp3) is 0.647. The molecule has 1 aromatic carbocycles. The second kappa shape index (κ2) is 7.78. The van der Waals surface area contributed by atoms with Crippen molar-refractivity contribution in [2.45, 2.75) is 31.8 Å². The van der Waals surface area contributed by atoms with Gasteiger partial charge in [0.05, 0.1) is 13.7 Å². The Kier molecular flexibility index (Phi) is 6.03. The Hall–Kier alpha value is -1.10. The number of ether oxygens (including phenoxy) is 2. The summed E-state index contributed by atoms with van der Waals surface area (Å²) in [6, 6.07) is 8.55. The average Bonchev–Trinajstić information content (AvgIpc) is 3.35. The number of methoxy groups -OCH3 is 2. The highest BCUT2D eigenvalue weighted by Gasteiger charge is 2.32. The Balaban J connectivity index is 2.03. The van der Waals surface area contributed by atoms with Gasteiger partial charge in [0.25, 0.3) is 0 Å². The van der Waals surface area contributed by atoms with Crippen LogP contribution < -0.4 is 10.5 Å². The zero-order chi connectivity index (χ0) is 15.2. The summed E-state index contributed by atoms with van der Waals surface area (Å²) in [6.45, 7) is 4.82. The van der Waals surface area contributed by atoms with Crippen LogP contribution in [0.15, 0.2) is 24.3 Å². The minimum Gasteiger partial charge on any atom is -0.496 e. The molecule has 0 spiro atoms. The van der Waals surface area contributed by atoms with Crippen molar-refractivity contribution in [2.75, 3.05) is 33.9 Å². The van der Waals surface area contributed by atoms with Crippen LogP contribution in [0.4, 0.5) is 0 Å². The second-order valence-electron chi connectivity index (χ2n) is 5.91. The maximum atomic E-state index is 6.44. The molecule has 0 saturated heterocycles. The van der Waals surface area contributed by atoms with E-state index < -0.39 is 0 Å². The van der Waals surface area contributed by atoms with E-state index in [-0.39, 0.29) is 6.04 Å². The van der Waals surface area contributed by atoms with Crippen LogP contribution in [0.5, 0.6) is 5.75 Å². The van der Waals surface area contributed by atoms with E-state index in [9.17, 15) is 0 Å². The smallest absolute Gasteiger partial charge is 0.123 e. The van der Waals surface area contributed by atoms with E-state index in [4.69, 9.17) is 15.2 Å². The van der Waals surface area contributed by atoms with Gasteiger partial charge in [-0.2, -0.15) is 0 Å². The standard InChI is InChI=1S/C17H28N2O2/c1-13(14-8-9-14)19(10-11-20-2)12-16(18)15-6-4-5-7-17(15)21-3/h4-7,13-14,16H,8-12,18H2,1-3H3. The molecule has 1 aliphatic carbocycles. The molecule has 1 aliphatic rings. The third-order valence-electron chi connectivity index (χ3n) is 4.43. The molecule has 1 aromatic rings. The van der Waals surface area contributed by atoms with Crippen LogP contribution in [0.25, 0.3) is 0 Å². The number of rotatable bonds is 9. The Bertz CT molecular complexity index is 435. The predicted molar refractivity (Wildman–Crippen MR) is 85.6 cm³/mol. The lowest BCUT2D eigenvalue weighted by Crippen LogP contribution is -2.41. The Morgan fingerprint density at radius 3 is 2.62 bits per heavy atom. The van der Waals surface area contributed by atoms with Gasteiger partial charge >= 0.3 is 0 Å². The van der Waals surface area contributed by atoms with Gasteiger partial charge in [-0.1, -0.05) is 18.2 Å². The minimum absolute atomic E-state index is 0.0424. The van der Waals surface area contributed by atoms with Gasteiger partial charge in [0, 0.05) is 37.8 Å². The highest BCUT2D eigenvalue weighted by molar-refractivity contribution is 5.35. The molecule has 0 amide bonds. The molecule has 21 heavy (non-hydrogen) atoms. The molecule has 0 radical (unpaired) electrons. The second-order valence-corrected chi connectivity index (χ2v) is 5.91. The number of nitrogens with zero attached hydrogens (tertiary/aromatic N) is 1. The maximum absolute atomic E-state index is 6.44. The molecule has 2 rings (SSSR count). The molecule has 0 bridgehead atoms. The van der Waals surface area contributed by atoms with Gasteiger partial charge in [0.2, 0.25) is 0 Å². The predicted octanol–water partition coefficient (Wildman–Crippen LogP) is 2.44. The fourth-order valence-electron chi connectivity index (χ4n) is 2.87. The van der Waals surface area contributed by atoms with Crippen molar-refractivity contribution in [1.29, 1.82) is 0 Å². The van der Waals surface area contributed by atoms with E-state index >= 15 is 0 Å². The van der Waals surface area contributed by atoms with Crippen LogP contribution in [0.2, 0.25) is 0 Å². The Morgan fingerprint density at radius 1 is 1.29 bits per heavy atom. The van der Waals surface area contributed by atoms with Crippen LogP contribution in [0.1, 0.15) is 31.4 Å². The molecule has 4 nitrogen and oxygen atoms in total. The third kappa shape index (κ3) is 4.43. The SMILES string of the molecule is COCCN(CC(N)c1ccccc1OC)C(C)C1CC1. The summed E-state index contributed by atoms with van der Waals surface area (Å²) >= 11 is 0. The molecule has 118 valence electrons. The summed E-state index contributed by atoms with van der Waals surface area (Å²) < 4.78 is 10.7. The van der Waals surface area contributed by atoms with Crippen LogP contribution in [0, 0.1) is 5.92 Å². The zero-order valence-corrected chi connectivity index (χ0v) is 13.4. The molecule has 0 aromatic heterocycles. The first-order chi connectivity index (χ1) is 10.2. The van der Waals surface area contributed by atoms with Gasteiger partial charge < -0.3 is 15.2 Å². The topological polar surface area (TPSA) is 47.7 Å². The highest BCUT2D eigenvalue weighted by atomic mass is 16.5. The lowest BCUT2D eigenvalue weighted by atomic mass is 10.0. The highest BCUT2D eigenvalue weighted by Crippen LogP contribution is 2.35. The van der Waals surface area contributed by atoms with E-state index in [2.05, 4.69) is 17.9 Å². The summed E-state index contributed by atoms with van der Waals surface area (Å²) in [5.74, 6) is 1.70. The van der Waals surface area contributed by atoms with E-state index in [1.165, 1.54) is 12.8 Å². The van der Waals surface area contributed by atoms with E-state index in [0.717, 1.165) is 36.9 Å². The van der Waals surface area contributed by atoms with Crippen molar-refractivity contribution >= 4 is 0 Å². The van der Waals surface area contributed by atoms with Gasteiger partial charge in [0.1, 0.15) is 5.75 Å². The van der Waals surface area contributed by atoms with Crippen molar-refractivity contribution in [1.82, 2.24) is 4.90 Å². The van der Waals surface area contributed by atoms with Gasteiger partial charge in [-0.15, -0.1) is 0 Å². The average molecular weight is 292 g/mol. The van der Waals surface area contributed by atoms with Gasteiger partial charge in [0.15, 0.2) is 0 Å². The zero-order valence-electron chi connectivity index (χ0n) is 13.4. The van der Waals surface area contributed by atoms with E-state index in [0.29, 0.717) is 6.04 Å². The van der Waals surface area contributed by atoms with Crippen molar-refractivity contribution in [3.63, 3.8) is 0 Å². The number of hydrogen-bond donors (Lipinski definition) is 1. The number of benzene rings is 1. The lowest BCUT2D eigenvalue weighted by molar-refractivity contribution is 0.111. The van der Waals surface area contributed by atoms with E-state index in [1.807, 2.05) is 18.2 Å². The van der Waals surface area contributed by atoms with Crippen LogP contribution in [-0.4, -0.2) is 44.9 Å². The van der Waals surface area contributed by atoms with Crippen molar-refractivity contribution in [2.24, 2.45) is 11.7 Å². The monoisotopic (exact) mass is 292 g/mol. The summed E-state index contributed by atoms with van der Waals surface area (Å²) in [4.78, 5) is 2.46.